The molecule has 1 aromatic carbocycles. The second-order valence-electron chi connectivity index (χ2n) is 10.4. The summed E-state index contributed by atoms with van der Waals surface area (Å²) in [6.45, 7) is 1.26. The number of anilines is 4. The van der Waals surface area contributed by atoms with E-state index in [-0.39, 0.29) is 24.0 Å². The average Bonchev–Trinajstić information content (AvgIpc) is 3.52. The molecule has 2 aromatic heterocycles. The van der Waals surface area contributed by atoms with Gasteiger partial charge in [0.1, 0.15) is 23.9 Å². The van der Waals surface area contributed by atoms with E-state index in [2.05, 4.69) is 15.3 Å². The summed E-state index contributed by atoms with van der Waals surface area (Å²) in [5.41, 5.74) is 4.24. The molecule has 7 rings (SSSR count). The number of ether oxygens (including phenoxy) is 2. The van der Waals surface area contributed by atoms with E-state index < -0.39 is 0 Å². The predicted molar refractivity (Wildman–Crippen MR) is 143 cm³/mol. The van der Waals surface area contributed by atoms with Gasteiger partial charge in [0.25, 0.3) is 0 Å². The van der Waals surface area contributed by atoms with Crippen LogP contribution in [-0.2, 0) is 9.59 Å². The van der Waals surface area contributed by atoms with E-state index in [0.717, 1.165) is 60.5 Å². The van der Waals surface area contributed by atoms with Crippen molar-refractivity contribution in [1.29, 1.82) is 0 Å². The molecule has 2 saturated heterocycles. The molecule has 1 aliphatic carbocycles. The van der Waals surface area contributed by atoms with Crippen LogP contribution >= 0.6 is 0 Å². The molecule has 1 atom stereocenters. The van der Waals surface area contributed by atoms with Gasteiger partial charge in [-0.15, -0.1) is 0 Å². The third-order valence-electron chi connectivity index (χ3n) is 7.88. The first-order valence-electron chi connectivity index (χ1n) is 13.4. The number of pyridine rings is 2. The first-order valence-corrected chi connectivity index (χ1v) is 13.4. The Morgan fingerprint density at radius 2 is 1.82 bits per heavy atom. The van der Waals surface area contributed by atoms with Gasteiger partial charge in [0, 0.05) is 42.9 Å². The highest BCUT2D eigenvalue weighted by atomic mass is 16.5. The van der Waals surface area contributed by atoms with Crippen LogP contribution < -0.4 is 24.6 Å². The number of hydrogen-bond acceptors (Lipinski definition) is 7. The minimum absolute atomic E-state index is 0.0712. The molecule has 5 heterocycles. The van der Waals surface area contributed by atoms with Gasteiger partial charge in [0.05, 0.1) is 24.0 Å². The van der Waals surface area contributed by atoms with Gasteiger partial charge in [-0.1, -0.05) is 12.1 Å². The fourth-order valence-corrected chi connectivity index (χ4v) is 5.58. The van der Waals surface area contributed by atoms with Crippen LogP contribution in [0.15, 0.2) is 48.8 Å². The molecule has 1 saturated carbocycles. The van der Waals surface area contributed by atoms with E-state index in [1.165, 1.54) is 6.42 Å². The highest BCUT2D eigenvalue weighted by Gasteiger charge is 2.38. The number of fused-ring (bicyclic) bond motifs is 3. The fraction of sp³-hybridized carbons (Fsp3) is 0.379. The largest absolute Gasteiger partial charge is 0.490 e. The molecular weight excluding hydrogens is 482 g/mol. The molecule has 38 heavy (non-hydrogen) atoms. The van der Waals surface area contributed by atoms with Crippen molar-refractivity contribution in [3.05, 3.63) is 48.8 Å². The average molecular weight is 512 g/mol. The van der Waals surface area contributed by atoms with E-state index in [0.29, 0.717) is 36.8 Å². The monoisotopic (exact) mass is 511 g/mol. The Balaban J connectivity index is 1.17. The summed E-state index contributed by atoms with van der Waals surface area (Å²) < 4.78 is 12.2. The minimum atomic E-state index is 0.0712. The normalized spacial score (nSPS) is 20.6. The maximum atomic E-state index is 12.5. The molecule has 3 fully saturated rings. The van der Waals surface area contributed by atoms with Crippen molar-refractivity contribution in [1.82, 2.24) is 9.97 Å². The van der Waals surface area contributed by atoms with E-state index in [1.54, 1.807) is 6.20 Å². The molecule has 9 nitrogen and oxygen atoms in total. The molecular formula is C29H29N5O4. The summed E-state index contributed by atoms with van der Waals surface area (Å²) in [5, 5.41) is 3.34. The lowest BCUT2D eigenvalue weighted by Crippen LogP contribution is -2.40. The van der Waals surface area contributed by atoms with Gasteiger partial charge < -0.3 is 24.6 Å². The Morgan fingerprint density at radius 3 is 2.58 bits per heavy atom. The quantitative estimate of drug-likeness (QED) is 0.506. The SMILES string of the molecule is O=C1CCCN1c1ccc(-c2cnc(Nc3cnc4c(c3)N3C(=O)CC[C@H]3CO4)cc2OC2CCC2)cc1. The molecule has 1 N–H and O–H groups in total. The lowest BCUT2D eigenvalue weighted by Gasteiger charge is -2.31. The zero-order valence-electron chi connectivity index (χ0n) is 21.1. The summed E-state index contributed by atoms with van der Waals surface area (Å²) in [7, 11) is 0. The molecule has 2 amide bonds. The summed E-state index contributed by atoms with van der Waals surface area (Å²) in [6, 6.07) is 11.9. The van der Waals surface area contributed by atoms with Gasteiger partial charge in [-0.2, -0.15) is 0 Å². The maximum Gasteiger partial charge on any atom is 0.238 e. The van der Waals surface area contributed by atoms with Crippen molar-refractivity contribution in [3.8, 4) is 22.8 Å². The highest BCUT2D eigenvalue weighted by molar-refractivity contribution is 5.98. The Morgan fingerprint density at radius 1 is 0.947 bits per heavy atom. The van der Waals surface area contributed by atoms with Crippen LogP contribution in [0.25, 0.3) is 11.1 Å². The minimum Gasteiger partial charge on any atom is -0.490 e. The predicted octanol–water partition coefficient (Wildman–Crippen LogP) is 4.83. The second kappa shape index (κ2) is 9.31. The Hall–Kier alpha value is -4.14. The lowest BCUT2D eigenvalue weighted by molar-refractivity contribution is -0.118. The van der Waals surface area contributed by atoms with Crippen molar-refractivity contribution in [2.24, 2.45) is 0 Å². The van der Waals surface area contributed by atoms with E-state index in [9.17, 15) is 9.59 Å². The number of nitrogens with one attached hydrogen (secondary N) is 1. The molecule has 0 unspecified atom stereocenters. The first kappa shape index (κ1) is 23.0. The maximum absolute atomic E-state index is 12.5. The summed E-state index contributed by atoms with van der Waals surface area (Å²) in [5.74, 6) is 2.17. The smallest absolute Gasteiger partial charge is 0.238 e. The van der Waals surface area contributed by atoms with Crippen LogP contribution in [0.3, 0.4) is 0 Å². The molecule has 4 aliphatic rings. The molecule has 9 heteroatoms. The van der Waals surface area contributed by atoms with Gasteiger partial charge in [-0.3, -0.25) is 9.59 Å². The molecule has 0 spiro atoms. The van der Waals surface area contributed by atoms with Gasteiger partial charge in [0.2, 0.25) is 17.7 Å². The van der Waals surface area contributed by atoms with E-state index >= 15 is 0 Å². The number of benzene rings is 1. The van der Waals surface area contributed by atoms with Crippen molar-refractivity contribution in [2.75, 3.05) is 28.3 Å². The lowest BCUT2D eigenvalue weighted by atomic mass is 9.96. The van der Waals surface area contributed by atoms with Crippen molar-refractivity contribution < 1.29 is 19.1 Å². The molecule has 3 aliphatic heterocycles. The van der Waals surface area contributed by atoms with Crippen LogP contribution in [-0.4, -0.2) is 47.1 Å². The third kappa shape index (κ3) is 4.12. The standard InChI is InChI=1S/C29H29N5O4/c35-27-5-2-12-33(27)20-8-6-18(7-9-20)23-16-30-26(14-25(23)38-22-3-1-4-22)32-19-13-24-29(31-15-19)37-17-21-10-11-28(36)34(21)24/h6-9,13-16,21-22H,1-5,10-12,17H2,(H,30,32)/t21-/m0/s1. The highest BCUT2D eigenvalue weighted by Crippen LogP contribution is 2.40. The Kier molecular flexibility index (Phi) is 5.64. The fourth-order valence-electron chi connectivity index (χ4n) is 5.58. The molecule has 0 radical (unpaired) electrons. The topological polar surface area (TPSA) is 96.9 Å². The van der Waals surface area contributed by atoms with Gasteiger partial charge >= 0.3 is 0 Å². The van der Waals surface area contributed by atoms with E-state index in [1.807, 2.05) is 52.4 Å². The van der Waals surface area contributed by atoms with Crippen molar-refractivity contribution in [2.45, 2.75) is 57.1 Å². The van der Waals surface area contributed by atoms with Gasteiger partial charge in [-0.05, 0) is 55.9 Å². The van der Waals surface area contributed by atoms with E-state index in [4.69, 9.17) is 9.47 Å². The van der Waals surface area contributed by atoms with Crippen LogP contribution in [0.2, 0.25) is 0 Å². The van der Waals surface area contributed by atoms with Crippen LogP contribution in [0.4, 0.5) is 22.9 Å². The van der Waals surface area contributed by atoms with Gasteiger partial charge in [-0.25, -0.2) is 9.97 Å². The molecule has 194 valence electrons. The Bertz CT molecular complexity index is 1400. The van der Waals surface area contributed by atoms with Crippen LogP contribution in [0.5, 0.6) is 11.6 Å². The first-order chi connectivity index (χ1) is 18.6. The summed E-state index contributed by atoms with van der Waals surface area (Å²) in [4.78, 5) is 37.4. The zero-order chi connectivity index (χ0) is 25.6. The van der Waals surface area contributed by atoms with Crippen molar-refractivity contribution in [3.63, 3.8) is 0 Å². The molecule has 0 bridgehead atoms. The zero-order valence-corrected chi connectivity index (χ0v) is 21.1. The van der Waals surface area contributed by atoms with Crippen LogP contribution in [0, 0.1) is 0 Å². The third-order valence-corrected chi connectivity index (χ3v) is 7.88. The van der Waals surface area contributed by atoms with Gasteiger partial charge in [0.15, 0.2) is 0 Å². The number of amides is 2. The number of aromatic nitrogens is 2. The second-order valence-corrected chi connectivity index (χ2v) is 10.4. The summed E-state index contributed by atoms with van der Waals surface area (Å²) in [6.07, 6.45) is 9.82. The number of rotatable bonds is 6. The van der Waals surface area contributed by atoms with Crippen LogP contribution in [0.1, 0.15) is 44.9 Å². The van der Waals surface area contributed by atoms with Crippen molar-refractivity contribution >= 4 is 34.7 Å². The number of nitrogens with zero attached hydrogens (tertiary/aromatic N) is 4. The number of carbonyl (C=O) groups is 2. The molecule has 3 aromatic rings. The number of hydrogen-bond donors (Lipinski definition) is 1. The Labute approximate surface area is 220 Å². The summed E-state index contributed by atoms with van der Waals surface area (Å²) >= 11 is 0. The number of carbonyl (C=O) groups excluding carboxylic acids is 2.